The summed E-state index contributed by atoms with van der Waals surface area (Å²) < 4.78 is 7.32. The molecule has 1 aromatic rings. The first-order chi connectivity index (χ1) is 6.90. The smallest absolute Gasteiger partial charge is 0.150 e. The van der Waals surface area contributed by atoms with Crippen molar-refractivity contribution in [2.24, 2.45) is 5.16 Å². The van der Waals surface area contributed by atoms with Gasteiger partial charge >= 0.3 is 0 Å². The number of oxime groups is 1. The summed E-state index contributed by atoms with van der Waals surface area (Å²) in [4.78, 5) is 0. The lowest BCUT2D eigenvalue weighted by molar-refractivity contribution is -0.0394. The van der Waals surface area contributed by atoms with Crippen LogP contribution in [-0.4, -0.2) is 27.8 Å². The van der Waals surface area contributed by atoms with Gasteiger partial charge in [-0.25, -0.2) is 4.68 Å². The van der Waals surface area contributed by atoms with Crippen molar-refractivity contribution in [3.8, 4) is 0 Å². The monoisotopic (exact) mass is 195 g/mol. The molecule has 14 heavy (non-hydrogen) atoms. The number of rotatable bonds is 2. The average Bonchev–Trinajstić information content (AvgIpc) is 2.68. The van der Waals surface area contributed by atoms with Gasteiger partial charge < -0.3 is 9.94 Å². The molecular formula is C9H13N3O2. The van der Waals surface area contributed by atoms with E-state index in [1.807, 2.05) is 6.20 Å². The summed E-state index contributed by atoms with van der Waals surface area (Å²) in [5.41, 5.74) is 0.779. The lowest BCUT2D eigenvalue weighted by Gasteiger charge is -2.22. The van der Waals surface area contributed by atoms with E-state index in [-0.39, 0.29) is 6.23 Å². The topological polar surface area (TPSA) is 59.6 Å². The number of aromatic nitrogens is 2. The normalized spacial score (nSPS) is 23.0. The predicted molar refractivity (Wildman–Crippen MR) is 50.4 cm³/mol. The van der Waals surface area contributed by atoms with Crippen molar-refractivity contribution in [3.63, 3.8) is 0 Å². The summed E-state index contributed by atoms with van der Waals surface area (Å²) in [5.74, 6) is 0. The third-order valence-corrected chi connectivity index (χ3v) is 2.28. The van der Waals surface area contributed by atoms with Gasteiger partial charge in [-0.3, -0.25) is 0 Å². The second kappa shape index (κ2) is 4.23. The van der Waals surface area contributed by atoms with Gasteiger partial charge in [0.05, 0.1) is 12.4 Å². The number of hydrogen-bond acceptors (Lipinski definition) is 4. The SMILES string of the molecule is O/N=C\c1cnn([C@H]2CCCCO2)c1. The number of ether oxygens (including phenoxy) is 1. The van der Waals surface area contributed by atoms with Crippen molar-refractivity contribution in [2.45, 2.75) is 25.5 Å². The molecule has 1 saturated heterocycles. The Bertz CT molecular complexity index is 316. The molecule has 0 amide bonds. The Morgan fingerprint density at radius 2 is 2.57 bits per heavy atom. The van der Waals surface area contributed by atoms with Gasteiger partial charge in [0.1, 0.15) is 6.23 Å². The highest BCUT2D eigenvalue weighted by atomic mass is 16.5. The third kappa shape index (κ3) is 1.93. The molecule has 2 rings (SSSR count). The van der Waals surface area contributed by atoms with Crippen LogP contribution in [0.2, 0.25) is 0 Å². The minimum Gasteiger partial charge on any atom is -0.411 e. The molecule has 5 nitrogen and oxygen atoms in total. The fourth-order valence-corrected chi connectivity index (χ4v) is 1.58. The first-order valence-corrected chi connectivity index (χ1v) is 4.73. The lowest BCUT2D eigenvalue weighted by Crippen LogP contribution is -2.18. The van der Waals surface area contributed by atoms with Crippen LogP contribution in [0, 0.1) is 0 Å². The molecule has 5 heteroatoms. The highest BCUT2D eigenvalue weighted by Crippen LogP contribution is 2.21. The summed E-state index contributed by atoms with van der Waals surface area (Å²) in [7, 11) is 0. The minimum absolute atomic E-state index is 0.0459. The van der Waals surface area contributed by atoms with Crippen molar-refractivity contribution in [1.82, 2.24) is 9.78 Å². The van der Waals surface area contributed by atoms with Crippen molar-refractivity contribution < 1.29 is 9.94 Å². The van der Waals surface area contributed by atoms with Crippen LogP contribution in [0.25, 0.3) is 0 Å². The highest BCUT2D eigenvalue weighted by molar-refractivity contribution is 5.77. The maximum Gasteiger partial charge on any atom is 0.150 e. The first kappa shape index (κ1) is 9.21. The Morgan fingerprint density at radius 1 is 1.64 bits per heavy atom. The summed E-state index contributed by atoms with van der Waals surface area (Å²) in [5, 5.41) is 15.4. The molecule has 1 aliphatic heterocycles. The molecule has 1 N–H and O–H groups in total. The van der Waals surface area contributed by atoms with Crippen LogP contribution in [0.15, 0.2) is 17.5 Å². The van der Waals surface area contributed by atoms with Gasteiger partial charge in [0.2, 0.25) is 0 Å². The Kier molecular flexibility index (Phi) is 2.78. The highest BCUT2D eigenvalue weighted by Gasteiger charge is 2.15. The Morgan fingerprint density at radius 3 is 3.29 bits per heavy atom. The van der Waals surface area contributed by atoms with Crippen LogP contribution < -0.4 is 0 Å². The van der Waals surface area contributed by atoms with Gasteiger partial charge in [-0.15, -0.1) is 0 Å². The van der Waals surface area contributed by atoms with Crippen molar-refractivity contribution in [3.05, 3.63) is 18.0 Å². The molecule has 0 bridgehead atoms. The zero-order valence-corrected chi connectivity index (χ0v) is 7.83. The molecule has 0 spiro atoms. The summed E-state index contributed by atoms with van der Waals surface area (Å²) in [6, 6.07) is 0. The van der Waals surface area contributed by atoms with E-state index in [9.17, 15) is 0 Å². The molecule has 2 heterocycles. The quantitative estimate of drug-likeness (QED) is 0.440. The van der Waals surface area contributed by atoms with E-state index in [1.165, 1.54) is 12.6 Å². The van der Waals surface area contributed by atoms with Crippen molar-refractivity contribution in [2.75, 3.05) is 6.61 Å². The van der Waals surface area contributed by atoms with Crippen LogP contribution >= 0.6 is 0 Å². The van der Waals surface area contributed by atoms with E-state index in [0.717, 1.165) is 25.0 Å². The molecule has 1 aromatic heterocycles. The maximum atomic E-state index is 8.34. The zero-order valence-electron chi connectivity index (χ0n) is 7.83. The van der Waals surface area contributed by atoms with Gasteiger partial charge in [0.25, 0.3) is 0 Å². The summed E-state index contributed by atoms with van der Waals surface area (Å²) >= 11 is 0. The maximum absolute atomic E-state index is 8.34. The zero-order chi connectivity index (χ0) is 9.80. The van der Waals surface area contributed by atoms with Crippen LogP contribution in [0.4, 0.5) is 0 Å². The van der Waals surface area contributed by atoms with Crippen LogP contribution in [0.3, 0.4) is 0 Å². The Labute approximate surface area is 82.0 Å². The number of nitrogens with zero attached hydrogens (tertiary/aromatic N) is 3. The van der Waals surface area contributed by atoms with E-state index in [0.29, 0.717) is 0 Å². The molecular weight excluding hydrogens is 182 g/mol. The number of hydrogen-bond donors (Lipinski definition) is 1. The second-order valence-corrected chi connectivity index (χ2v) is 3.32. The molecule has 0 aromatic carbocycles. The fourth-order valence-electron chi connectivity index (χ4n) is 1.58. The molecule has 0 aliphatic carbocycles. The molecule has 1 aliphatic rings. The molecule has 0 saturated carbocycles. The van der Waals surface area contributed by atoms with Crippen molar-refractivity contribution >= 4 is 6.21 Å². The van der Waals surface area contributed by atoms with E-state index in [2.05, 4.69) is 10.3 Å². The van der Waals surface area contributed by atoms with Gasteiger partial charge in [-0.05, 0) is 19.3 Å². The second-order valence-electron chi connectivity index (χ2n) is 3.32. The minimum atomic E-state index is 0.0459. The molecule has 0 radical (unpaired) electrons. The average molecular weight is 195 g/mol. The van der Waals surface area contributed by atoms with Gasteiger partial charge in [-0.1, -0.05) is 5.16 Å². The molecule has 76 valence electrons. The molecule has 0 unspecified atom stereocenters. The third-order valence-electron chi connectivity index (χ3n) is 2.28. The van der Waals surface area contributed by atoms with E-state index in [1.54, 1.807) is 10.9 Å². The van der Waals surface area contributed by atoms with E-state index < -0.39 is 0 Å². The van der Waals surface area contributed by atoms with Crippen LogP contribution in [0.5, 0.6) is 0 Å². The molecule has 1 fully saturated rings. The standard InChI is InChI=1S/C9H13N3O2/c13-11-6-8-5-10-12(7-8)9-3-1-2-4-14-9/h5-7,9,13H,1-4H2/b11-6-/t9-/m1/s1. The largest absolute Gasteiger partial charge is 0.411 e. The van der Waals surface area contributed by atoms with E-state index in [4.69, 9.17) is 9.94 Å². The lowest BCUT2D eigenvalue weighted by atomic mass is 10.2. The Hall–Kier alpha value is -1.36. The van der Waals surface area contributed by atoms with Gasteiger partial charge in [0.15, 0.2) is 0 Å². The van der Waals surface area contributed by atoms with Crippen molar-refractivity contribution in [1.29, 1.82) is 0 Å². The Balaban J connectivity index is 2.07. The van der Waals surface area contributed by atoms with Crippen LogP contribution in [0.1, 0.15) is 31.1 Å². The predicted octanol–water partition coefficient (Wildman–Crippen LogP) is 1.39. The fraction of sp³-hybridized carbons (Fsp3) is 0.556. The summed E-state index contributed by atoms with van der Waals surface area (Å²) in [6.07, 6.45) is 8.16. The van der Waals surface area contributed by atoms with Gasteiger partial charge in [0, 0.05) is 18.4 Å². The van der Waals surface area contributed by atoms with E-state index >= 15 is 0 Å². The first-order valence-electron chi connectivity index (χ1n) is 4.73. The van der Waals surface area contributed by atoms with Gasteiger partial charge in [-0.2, -0.15) is 5.10 Å². The van der Waals surface area contributed by atoms with Crippen LogP contribution in [-0.2, 0) is 4.74 Å². The molecule has 1 atom stereocenters. The summed E-state index contributed by atoms with van der Waals surface area (Å²) in [6.45, 7) is 0.800.